The summed E-state index contributed by atoms with van der Waals surface area (Å²) in [7, 11) is 0. The maximum atomic E-state index is 9.10. The van der Waals surface area contributed by atoms with Crippen LogP contribution in [-0.2, 0) is 16.1 Å². The predicted octanol–water partition coefficient (Wildman–Crippen LogP) is 2.13. The molecule has 2 rings (SSSR count). The van der Waals surface area contributed by atoms with Gasteiger partial charge in [-0.15, -0.1) is 0 Å². The number of benzene rings is 1. The van der Waals surface area contributed by atoms with Crippen molar-refractivity contribution in [2.45, 2.75) is 19.4 Å². The van der Waals surface area contributed by atoms with E-state index < -0.39 is 11.9 Å². The van der Waals surface area contributed by atoms with Gasteiger partial charge in [-0.2, -0.15) is 0 Å². The summed E-state index contributed by atoms with van der Waals surface area (Å²) in [5, 5.41) is 18.2. The maximum absolute atomic E-state index is 9.10. The molecule has 0 radical (unpaired) electrons. The third-order valence-electron chi connectivity index (χ3n) is 3.05. The van der Waals surface area contributed by atoms with Crippen LogP contribution >= 0.6 is 0 Å². The number of aliphatic carboxylic acids is 2. The minimum Gasteiger partial charge on any atom is -0.473 e. The maximum Gasteiger partial charge on any atom is 0.414 e. The van der Waals surface area contributed by atoms with Gasteiger partial charge in [0.1, 0.15) is 0 Å². The lowest BCUT2D eigenvalue weighted by Crippen LogP contribution is -2.19. The molecule has 0 bridgehead atoms. The first kappa shape index (κ1) is 18.3. The Kier molecular flexibility index (Phi) is 8.02. The van der Waals surface area contributed by atoms with Gasteiger partial charge in [-0.25, -0.2) is 9.59 Å². The van der Waals surface area contributed by atoms with Gasteiger partial charge in [-0.05, 0) is 23.1 Å². The molecular weight excluding hydrogens is 296 g/mol. The van der Waals surface area contributed by atoms with E-state index in [1.165, 1.54) is 11.1 Å². The number of carboxylic acid groups (broad SMARTS) is 2. The summed E-state index contributed by atoms with van der Waals surface area (Å²) >= 11 is 0. The summed E-state index contributed by atoms with van der Waals surface area (Å²) in [5.41, 5.74) is 2.61. The SMILES string of the molecule is CC(CNCc1cccnc1)c1ccccc1.O=C(O)C(=O)O. The van der Waals surface area contributed by atoms with Crippen molar-refractivity contribution in [3.05, 3.63) is 66.0 Å². The number of nitrogens with zero attached hydrogens (tertiary/aromatic N) is 1. The Morgan fingerprint density at radius 1 is 1.09 bits per heavy atom. The molecule has 6 nitrogen and oxygen atoms in total. The van der Waals surface area contributed by atoms with E-state index in [0.29, 0.717) is 5.92 Å². The van der Waals surface area contributed by atoms with Crippen molar-refractivity contribution in [1.29, 1.82) is 0 Å². The lowest BCUT2D eigenvalue weighted by molar-refractivity contribution is -0.159. The summed E-state index contributed by atoms with van der Waals surface area (Å²) in [4.78, 5) is 22.3. The first-order chi connectivity index (χ1) is 11.0. The Bertz CT molecular complexity index is 591. The highest BCUT2D eigenvalue weighted by Crippen LogP contribution is 2.13. The average molecular weight is 316 g/mol. The number of nitrogens with one attached hydrogen (secondary N) is 1. The molecule has 0 amide bonds. The van der Waals surface area contributed by atoms with Crippen molar-refractivity contribution >= 4 is 11.9 Å². The van der Waals surface area contributed by atoms with E-state index >= 15 is 0 Å². The molecule has 0 spiro atoms. The molecule has 2 aromatic rings. The Balaban J connectivity index is 0.000000379. The molecule has 1 unspecified atom stereocenters. The van der Waals surface area contributed by atoms with Gasteiger partial charge in [0.15, 0.2) is 0 Å². The van der Waals surface area contributed by atoms with Crippen molar-refractivity contribution in [2.24, 2.45) is 0 Å². The zero-order valence-electron chi connectivity index (χ0n) is 12.8. The fourth-order valence-corrected chi connectivity index (χ4v) is 1.84. The number of rotatable bonds is 5. The van der Waals surface area contributed by atoms with E-state index in [2.05, 4.69) is 53.6 Å². The number of carbonyl (C=O) groups is 2. The third kappa shape index (κ3) is 7.73. The van der Waals surface area contributed by atoms with E-state index in [1.807, 2.05) is 12.3 Å². The van der Waals surface area contributed by atoms with Crippen molar-refractivity contribution in [1.82, 2.24) is 10.3 Å². The molecule has 0 aliphatic carbocycles. The lowest BCUT2D eigenvalue weighted by atomic mass is 10.0. The van der Waals surface area contributed by atoms with E-state index in [4.69, 9.17) is 19.8 Å². The lowest BCUT2D eigenvalue weighted by Gasteiger charge is -2.12. The van der Waals surface area contributed by atoms with Crippen molar-refractivity contribution in [3.8, 4) is 0 Å². The van der Waals surface area contributed by atoms with Crippen LogP contribution in [0.15, 0.2) is 54.9 Å². The normalized spacial score (nSPS) is 11.0. The van der Waals surface area contributed by atoms with Crippen molar-refractivity contribution < 1.29 is 19.8 Å². The summed E-state index contributed by atoms with van der Waals surface area (Å²) in [5.74, 6) is -3.11. The predicted molar refractivity (Wildman–Crippen MR) is 86.1 cm³/mol. The highest BCUT2D eigenvalue weighted by molar-refractivity contribution is 6.27. The van der Waals surface area contributed by atoms with Gasteiger partial charge in [-0.3, -0.25) is 4.98 Å². The van der Waals surface area contributed by atoms with Crippen LogP contribution in [0.2, 0.25) is 0 Å². The monoisotopic (exact) mass is 316 g/mol. The zero-order chi connectivity index (χ0) is 17.1. The average Bonchev–Trinajstić information content (AvgIpc) is 2.57. The van der Waals surface area contributed by atoms with Gasteiger partial charge in [0, 0.05) is 25.5 Å². The minimum absolute atomic E-state index is 0.535. The zero-order valence-corrected chi connectivity index (χ0v) is 12.8. The minimum atomic E-state index is -1.82. The quantitative estimate of drug-likeness (QED) is 0.731. The molecule has 0 aliphatic rings. The van der Waals surface area contributed by atoms with E-state index in [0.717, 1.165) is 13.1 Å². The Morgan fingerprint density at radius 2 is 1.74 bits per heavy atom. The van der Waals surface area contributed by atoms with Crippen LogP contribution in [-0.4, -0.2) is 33.7 Å². The van der Waals surface area contributed by atoms with Gasteiger partial charge in [-0.1, -0.05) is 43.3 Å². The summed E-state index contributed by atoms with van der Waals surface area (Å²) in [6.45, 7) is 4.11. The standard InChI is InChI=1S/C15H18N2.C2H2O4/c1-13(15-7-3-2-4-8-15)10-17-12-14-6-5-9-16-11-14;3-1(4)2(5)6/h2-9,11,13,17H,10,12H2,1H3;(H,3,4)(H,5,6). The first-order valence-electron chi connectivity index (χ1n) is 7.11. The van der Waals surface area contributed by atoms with E-state index in [1.54, 1.807) is 6.20 Å². The van der Waals surface area contributed by atoms with Gasteiger partial charge >= 0.3 is 11.9 Å². The Morgan fingerprint density at radius 3 is 2.26 bits per heavy atom. The molecule has 6 heteroatoms. The molecule has 0 saturated carbocycles. The first-order valence-corrected chi connectivity index (χ1v) is 7.11. The second-order valence-electron chi connectivity index (χ2n) is 4.91. The number of pyridine rings is 1. The van der Waals surface area contributed by atoms with E-state index in [9.17, 15) is 0 Å². The number of hydrogen-bond acceptors (Lipinski definition) is 4. The van der Waals surface area contributed by atoms with E-state index in [-0.39, 0.29) is 0 Å². The second-order valence-corrected chi connectivity index (χ2v) is 4.91. The smallest absolute Gasteiger partial charge is 0.414 e. The molecule has 23 heavy (non-hydrogen) atoms. The molecule has 0 aliphatic heterocycles. The van der Waals surface area contributed by atoms with Gasteiger partial charge in [0.25, 0.3) is 0 Å². The number of aromatic nitrogens is 1. The highest BCUT2D eigenvalue weighted by Gasteiger charge is 2.04. The van der Waals surface area contributed by atoms with Crippen molar-refractivity contribution in [3.63, 3.8) is 0 Å². The van der Waals surface area contributed by atoms with Crippen LogP contribution < -0.4 is 5.32 Å². The molecule has 1 aromatic heterocycles. The van der Waals surface area contributed by atoms with Crippen molar-refractivity contribution in [2.75, 3.05) is 6.54 Å². The summed E-state index contributed by atoms with van der Waals surface area (Å²) in [6.07, 6.45) is 3.70. The van der Waals surface area contributed by atoms with Gasteiger partial charge in [0.05, 0.1) is 0 Å². The number of carboxylic acids is 2. The summed E-state index contributed by atoms with van der Waals surface area (Å²) < 4.78 is 0. The van der Waals surface area contributed by atoms with Gasteiger partial charge < -0.3 is 15.5 Å². The summed E-state index contributed by atoms with van der Waals surface area (Å²) in [6, 6.07) is 14.6. The second kappa shape index (κ2) is 10.1. The largest absolute Gasteiger partial charge is 0.473 e. The molecule has 1 aromatic carbocycles. The fourth-order valence-electron chi connectivity index (χ4n) is 1.84. The Hall–Kier alpha value is -2.73. The molecule has 1 heterocycles. The molecule has 122 valence electrons. The highest BCUT2D eigenvalue weighted by atomic mass is 16.4. The van der Waals surface area contributed by atoms with Crippen LogP contribution in [0.4, 0.5) is 0 Å². The molecular formula is C17H20N2O4. The molecule has 0 saturated heterocycles. The molecule has 1 atom stereocenters. The topological polar surface area (TPSA) is 99.5 Å². The third-order valence-corrected chi connectivity index (χ3v) is 3.05. The van der Waals surface area contributed by atoms with Crippen LogP contribution in [0.25, 0.3) is 0 Å². The Labute approximate surface area is 134 Å². The fraction of sp³-hybridized carbons (Fsp3) is 0.235. The van der Waals surface area contributed by atoms with Gasteiger partial charge in [0.2, 0.25) is 0 Å². The van der Waals surface area contributed by atoms with Crippen LogP contribution in [0, 0.1) is 0 Å². The molecule has 3 N–H and O–H groups in total. The van der Waals surface area contributed by atoms with Crippen LogP contribution in [0.1, 0.15) is 24.0 Å². The van der Waals surface area contributed by atoms with Crippen LogP contribution in [0.3, 0.4) is 0 Å². The molecule has 0 fully saturated rings. The van der Waals surface area contributed by atoms with Crippen LogP contribution in [0.5, 0.6) is 0 Å². The number of hydrogen-bond donors (Lipinski definition) is 3.